The number of hydrogen-bond acceptors (Lipinski definition) is 2. The van der Waals surface area contributed by atoms with Crippen molar-refractivity contribution >= 4 is 63.9 Å². The maximum atomic E-state index is 14.1. The summed E-state index contributed by atoms with van der Waals surface area (Å²) >= 11 is 0. The summed E-state index contributed by atoms with van der Waals surface area (Å²) in [6, 6.07) is 46.2. The van der Waals surface area contributed by atoms with E-state index in [0.717, 1.165) is 33.2 Å². The SMILES string of the molecule is Cc1ccc(S(=O)(=O)N2Cc3cc4c5ccccc5c5ccccc5c4c(-c4cc5ccccc5c5ccccc45)c3C2)cc1. The fraction of sp³-hybridized carbons (Fsp3) is 0.0732. The van der Waals surface area contributed by atoms with Gasteiger partial charge in [-0.1, -0.05) is 115 Å². The predicted molar refractivity (Wildman–Crippen MR) is 187 cm³/mol. The lowest BCUT2D eigenvalue weighted by atomic mass is 9.83. The van der Waals surface area contributed by atoms with Crippen molar-refractivity contribution in [2.24, 2.45) is 0 Å². The van der Waals surface area contributed by atoms with Crippen LogP contribution in [0.3, 0.4) is 0 Å². The number of benzene rings is 8. The fourth-order valence-corrected chi connectivity index (χ4v) is 8.88. The van der Waals surface area contributed by atoms with E-state index in [0.29, 0.717) is 18.0 Å². The Morgan fingerprint density at radius 1 is 0.533 bits per heavy atom. The number of rotatable bonds is 3. The van der Waals surface area contributed by atoms with Crippen LogP contribution in [0, 0.1) is 6.92 Å². The first-order chi connectivity index (χ1) is 22.0. The third-order valence-corrected chi connectivity index (χ3v) is 11.4. The van der Waals surface area contributed by atoms with E-state index < -0.39 is 10.0 Å². The third kappa shape index (κ3) is 3.89. The van der Waals surface area contributed by atoms with Crippen LogP contribution in [-0.2, 0) is 23.1 Å². The summed E-state index contributed by atoms with van der Waals surface area (Å²) < 4.78 is 29.8. The van der Waals surface area contributed by atoms with Crippen molar-refractivity contribution in [1.82, 2.24) is 4.31 Å². The lowest BCUT2D eigenvalue weighted by molar-refractivity contribution is 0.432. The first-order valence-corrected chi connectivity index (χ1v) is 16.8. The molecule has 0 saturated heterocycles. The zero-order valence-corrected chi connectivity index (χ0v) is 25.6. The highest BCUT2D eigenvalue weighted by Crippen LogP contribution is 2.48. The molecule has 0 bridgehead atoms. The summed E-state index contributed by atoms with van der Waals surface area (Å²) in [5, 5.41) is 11.9. The Kier molecular flexibility index (Phi) is 5.71. The van der Waals surface area contributed by atoms with Crippen LogP contribution in [-0.4, -0.2) is 12.7 Å². The number of nitrogens with zero attached hydrogens (tertiary/aromatic N) is 1. The molecule has 0 unspecified atom stereocenters. The van der Waals surface area contributed by atoms with Gasteiger partial charge in [-0.2, -0.15) is 4.31 Å². The molecule has 4 heteroatoms. The average Bonchev–Trinajstić information content (AvgIpc) is 3.52. The Hall–Kier alpha value is -5.03. The van der Waals surface area contributed by atoms with E-state index in [1.807, 2.05) is 19.1 Å². The van der Waals surface area contributed by atoms with Gasteiger partial charge in [0.25, 0.3) is 0 Å². The molecule has 0 aliphatic carbocycles. The van der Waals surface area contributed by atoms with E-state index in [1.165, 1.54) is 48.5 Å². The van der Waals surface area contributed by atoms with Crippen molar-refractivity contribution < 1.29 is 8.42 Å². The molecule has 1 aliphatic rings. The van der Waals surface area contributed by atoms with Crippen molar-refractivity contribution in [3.05, 3.63) is 150 Å². The van der Waals surface area contributed by atoms with Crippen LogP contribution in [0.15, 0.2) is 138 Å². The number of hydrogen-bond donors (Lipinski definition) is 0. The molecule has 1 aliphatic heterocycles. The molecule has 45 heavy (non-hydrogen) atoms. The molecule has 0 fully saturated rings. The molecule has 0 spiro atoms. The highest BCUT2D eigenvalue weighted by molar-refractivity contribution is 7.89. The Morgan fingerprint density at radius 3 is 1.76 bits per heavy atom. The second-order valence-corrected chi connectivity index (χ2v) is 14.1. The van der Waals surface area contributed by atoms with Gasteiger partial charge in [0.05, 0.1) is 4.90 Å². The van der Waals surface area contributed by atoms with E-state index in [-0.39, 0.29) is 0 Å². The van der Waals surface area contributed by atoms with Gasteiger partial charge in [0, 0.05) is 13.1 Å². The zero-order chi connectivity index (χ0) is 30.3. The van der Waals surface area contributed by atoms with Gasteiger partial charge in [-0.15, -0.1) is 0 Å². The Labute approximate surface area is 262 Å². The van der Waals surface area contributed by atoms with Crippen LogP contribution >= 0.6 is 0 Å². The van der Waals surface area contributed by atoms with Crippen molar-refractivity contribution in [2.45, 2.75) is 24.9 Å². The third-order valence-electron chi connectivity index (χ3n) is 9.61. The van der Waals surface area contributed by atoms with E-state index in [9.17, 15) is 8.42 Å². The second kappa shape index (κ2) is 9.73. The van der Waals surface area contributed by atoms with Gasteiger partial charge >= 0.3 is 0 Å². The minimum atomic E-state index is -3.71. The lowest BCUT2D eigenvalue weighted by Gasteiger charge is -2.20. The smallest absolute Gasteiger partial charge is 0.207 e. The minimum Gasteiger partial charge on any atom is -0.207 e. The van der Waals surface area contributed by atoms with E-state index in [4.69, 9.17) is 0 Å². The number of fused-ring (bicyclic) bond motifs is 10. The van der Waals surface area contributed by atoms with Gasteiger partial charge in [-0.25, -0.2) is 8.42 Å². The molecule has 8 aromatic carbocycles. The fourth-order valence-electron chi connectivity index (χ4n) is 7.49. The summed E-state index contributed by atoms with van der Waals surface area (Å²) in [6.07, 6.45) is 0. The first-order valence-electron chi connectivity index (χ1n) is 15.3. The molecule has 0 atom stereocenters. The molecule has 9 rings (SSSR count). The quantitative estimate of drug-likeness (QED) is 0.190. The standard InChI is InChI=1S/C41H29NO2S/c1-26-18-20-29(21-19-26)45(43,44)42-24-28-23-38-35-16-7-5-13-32(35)33-14-8-9-17-36(33)40(38)41(39(28)25-42)37-22-27-10-2-3-11-30(27)31-12-4-6-15-34(31)37/h2-23H,24-25H2,1H3. The van der Waals surface area contributed by atoms with Crippen LogP contribution in [0.4, 0.5) is 0 Å². The highest BCUT2D eigenvalue weighted by Gasteiger charge is 2.34. The van der Waals surface area contributed by atoms with Crippen LogP contribution < -0.4 is 0 Å². The van der Waals surface area contributed by atoms with Crippen molar-refractivity contribution in [1.29, 1.82) is 0 Å². The minimum absolute atomic E-state index is 0.319. The molecule has 0 radical (unpaired) electrons. The Morgan fingerprint density at radius 2 is 1.07 bits per heavy atom. The summed E-state index contributed by atoms with van der Waals surface area (Å²) in [5.74, 6) is 0. The van der Waals surface area contributed by atoms with Crippen LogP contribution in [0.1, 0.15) is 16.7 Å². The predicted octanol–water partition coefficient (Wildman–Crippen LogP) is 10.1. The Bertz CT molecular complexity index is 2620. The van der Waals surface area contributed by atoms with Gasteiger partial charge in [0.15, 0.2) is 0 Å². The van der Waals surface area contributed by atoms with Gasteiger partial charge in [-0.3, -0.25) is 0 Å². The normalized spacial score (nSPS) is 13.8. The van der Waals surface area contributed by atoms with E-state index >= 15 is 0 Å². The average molecular weight is 600 g/mol. The summed E-state index contributed by atoms with van der Waals surface area (Å²) in [7, 11) is -3.71. The second-order valence-electron chi connectivity index (χ2n) is 12.2. The molecule has 216 valence electrons. The molecule has 8 aromatic rings. The van der Waals surface area contributed by atoms with Crippen molar-refractivity contribution in [2.75, 3.05) is 0 Å². The largest absolute Gasteiger partial charge is 0.243 e. The summed E-state index contributed by atoms with van der Waals surface area (Å²) in [4.78, 5) is 0.332. The van der Waals surface area contributed by atoms with Gasteiger partial charge < -0.3 is 0 Å². The van der Waals surface area contributed by atoms with Crippen LogP contribution in [0.2, 0.25) is 0 Å². The van der Waals surface area contributed by atoms with E-state index in [1.54, 1.807) is 16.4 Å². The zero-order valence-electron chi connectivity index (χ0n) is 24.8. The molecule has 0 amide bonds. The van der Waals surface area contributed by atoms with Crippen LogP contribution in [0.25, 0.3) is 65.0 Å². The maximum Gasteiger partial charge on any atom is 0.243 e. The van der Waals surface area contributed by atoms with Gasteiger partial charge in [0.2, 0.25) is 10.0 Å². The number of sulfonamides is 1. The summed E-state index contributed by atoms with van der Waals surface area (Å²) in [5.41, 5.74) is 5.45. The van der Waals surface area contributed by atoms with Crippen molar-refractivity contribution in [3.8, 4) is 11.1 Å². The summed E-state index contributed by atoms with van der Waals surface area (Å²) in [6.45, 7) is 2.63. The molecular weight excluding hydrogens is 571 g/mol. The van der Waals surface area contributed by atoms with E-state index in [2.05, 4.69) is 109 Å². The number of aryl methyl sites for hydroxylation is 1. The van der Waals surface area contributed by atoms with Gasteiger partial charge in [-0.05, 0) is 107 Å². The monoisotopic (exact) mass is 599 g/mol. The lowest BCUT2D eigenvalue weighted by Crippen LogP contribution is -2.25. The molecule has 0 saturated carbocycles. The van der Waals surface area contributed by atoms with Crippen molar-refractivity contribution in [3.63, 3.8) is 0 Å². The van der Waals surface area contributed by atoms with Gasteiger partial charge in [0.1, 0.15) is 0 Å². The maximum absolute atomic E-state index is 14.1. The molecule has 3 nitrogen and oxygen atoms in total. The topological polar surface area (TPSA) is 37.4 Å². The Balaban J connectivity index is 1.43. The molecule has 0 aromatic heterocycles. The molecule has 1 heterocycles. The van der Waals surface area contributed by atoms with Crippen LogP contribution in [0.5, 0.6) is 0 Å². The molecular formula is C41H29NO2S. The molecule has 0 N–H and O–H groups in total. The highest BCUT2D eigenvalue weighted by atomic mass is 32.2. The first kappa shape index (κ1) is 26.4.